The van der Waals surface area contributed by atoms with Gasteiger partial charge in [0.2, 0.25) is 0 Å². The molecule has 1 aliphatic heterocycles. The van der Waals surface area contributed by atoms with Gasteiger partial charge in [0.1, 0.15) is 18.1 Å². The molecule has 104 valence electrons. The van der Waals surface area contributed by atoms with Gasteiger partial charge in [-0.15, -0.1) is 0 Å². The molecule has 0 amide bonds. The maximum Gasteiger partial charge on any atom is 0.380 e. The van der Waals surface area contributed by atoms with Crippen molar-refractivity contribution in [2.75, 3.05) is 19.8 Å². The molecule has 0 aromatic heterocycles. The summed E-state index contributed by atoms with van der Waals surface area (Å²) in [6.07, 6.45) is 1.78. The molecule has 0 saturated heterocycles. The first-order valence-electron chi connectivity index (χ1n) is 6.09. The first-order chi connectivity index (χ1) is 8.50. The van der Waals surface area contributed by atoms with Gasteiger partial charge in [-0.3, -0.25) is 14.0 Å². The van der Waals surface area contributed by atoms with Crippen LogP contribution in [0.5, 0.6) is 0 Å². The van der Waals surface area contributed by atoms with Crippen LogP contribution in [0.1, 0.15) is 27.7 Å². The van der Waals surface area contributed by atoms with E-state index in [1.54, 1.807) is 6.20 Å². The van der Waals surface area contributed by atoms with Gasteiger partial charge in [-0.2, -0.15) is 0 Å². The van der Waals surface area contributed by atoms with Gasteiger partial charge in [0, 0.05) is 23.9 Å². The number of nitrogens with one attached hydrogen (secondary N) is 1. The molecule has 0 radical (unpaired) electrons. The van der Waals surface area contributed by atoms with E-state index in [1.165, 1.54) is 0 Å². The molecule has 7 heteroatoms. The van der Waals surface area contributed by atoms with Crippen LogP contribution in [-0.4, -0.2) is 25.6 Å². The van der Waals surface area contributed by atoms with Crippen LogP contribution in [0.25, 0.3) is 0 Å². The number of hydrogen-bond donors (Lipinski definition) is 1. The second-order valence-electron chi connectivity index (χ2n) is 3.99. The lowest BCUT2D eigenvalue weighted by Crippen LogP contribution is -2.28. The SMILES string of the molecule is CCOP(=S)(OCC)OC1=CNC(C(C)C)=NC1. The molecule has 1 N–H and O–H groups in total. The fourth-order valence-electron chi connectivity index (χ4n) is 1.36. The Labute approximate surface area is 114 Å². The van der Waals surface area contributed by atoms with Gasteiger partial charge in [0.15, 0.2) is 0 Å². The lowest BCUT2D eigenvalue weighted by Gasteiger charge is -2.24. The number of nitrogens with zero attached hydrogens (tertiary/aromatic N) is 1. The van der Waals surface area contributed by atoms with E-state index in [2.05, 4.69) is 24.2 Å². The molecule has 0 aromatic rings. The topological polar surface area (TPSA) is 52.1 Å². The summed E-state index contributed by atoms with van der Waals surface area (Å²) in [5, 5.41) is 3.10. The van der Waals surface area contributed by atoms with Crippen LogP contribution >= 0.6 is 6.72 Å². The van der Waals surface area contributed by atoms with Crippen molar-refractivity contribution in [2.24, 2.45) is 10.9 Å². The van der Waals surface area contributed by atoms with Crippen LogP contribution in [0.4, 0.5) is 0 Å². The molecule has 0 atom stereocenters. The zero-order valence-corrected chi connectivity index (χ0v) is 13.0. The van der Waals surface area contributed by atoms with Gasteiger partial charge in [0.05, 0.1) is 13.2 Å². The van der Waals surface area contributed by atoms with Crippen molar-refractivity contribution in [2.45, 2.75) is 27.7 Å². The van der Waals surface area contributed by atoms with Crippen LogP contribution < -0.4 is 5.32 Å². The molecule has 1 rings (SSSR count). The molecule has 0 unspecified atom stereocenters. The Morgan fingerprint density at radius 2 is 2.00 bits per heavy atom. The summed E-state index contributed by atoms with van der Waals surface area (Å²) in [5.41, 5.74) is 0. The Morgan fingerprint density at radius 1 is 1.39 bits per heavy atom. The summed E-state index contributed by atoms with van der Waals surface area (Å²) in [6.45, 7) is 6.63. The second-order valence-corrected chi connectivity index (χ2v) is 6.92. The Hall–Kier alpha value is -0.420. The molecular weight excluding hydrogens is 271 g/mol. The Kier molecular flexibility index (Phi) is 6.29. The largest absolute Gasteiger partial charge is 0.425 e. The average molecular weight is 292 g/mol. The van der Waals surface area contributed by atoms with E-state index in [4.69, 9.17) is 25.4 Å². The Balaban J connectivity index is 2.60. The van der Waals surface area contributed by atoms with Crippen LogP contribution in [0.3, 0.4) is 0 Å². The predicted octanol–water partition coefficient (Wildman–Crippen LogP) is 2.80. The number of rotatable bonds is 7. The molecule has 0 aliphatic carbocycles. The molecule has 1 heterocycles. The third-order valence-corrected chi connectivity index (χ3v) is 4.60. The first-order valence-corrected chi connectivity index (χ1v) is 8.65. The zero-order valence-electron chi connectivity index (χ0n) is 11.3. The summed E-state index contributed by atoms with van der Waals surface area (Å²) in [7, 11) is 0. The highest BCUT2D eigenvalue weighted by molar-refractivity contribution is 8.07. The van der Waals surface area contributed by atoms with Crippen molar-refractivity contribution in [3.05, 3.63) is 12.0 Å². The number of amidine groups is 1. The molecule has 0 bridgehead atoms. The van der Waals surface area contributed by atoms with E-state index >= 15 is 0 Å². The van der Waals surface area contributed by atoms with Gasteiger partial charge in [-0.1, -0.05) is 13.8 Å². The number of aliphatic imine (C=N–C) groups is 1. The standard InChI is InChI=1S/C11H21N2O3PS/c1-5-14-17(18,15-6-2)16-10-7-12-11(9(3)4)13-8-10/h7,9H,5-6,8H2,1-4H3,(H,12,13). The highest BCUT2D eigenvalue weighted by atomic mass is 32.5. The minimum Gasteiger partial charge on any atom is -0.425 e. The van der Waals surface area contributed by atoms with Gasteiger partial charge < -0.3 is 9.84 Å². The minimum atomic E-state index is -2.68. The summed E-state index contributed by atoms with van der Waals surface area (Å²) in [4.78, 5) is 4.39. The average Bonchev–Trinajstić information content (AvgIpc) is 2.30. The highest BCUT2D eigenvalue weighted by Crippen LogP contribution is 2.51. The number of hydrogen-bond acceptors (Lipinski definition) is 6. The van der Waals surface area contributed by atoms with Crippen molar-refractivity contribution in [3.8, 4) is 0 Å². The van der Waals surface area contributed by atoms with Crippen LogP contribution in [0.15, 0.2) is 17.0 Å². The van der Waals surface area contributed by atoms with Gasteiger partial charge in [0.25, 0.3) is 0 Å². The van der Waals surface area contributed by atoms with Gasteiger partial charge in [-0.25, -0.2) is 0 Å². The molecule has 0 saturated carbocycles. The van der Waals surface area contributed by atoms with Crippen LogP contribution in [-0.2, 0) is 25.4 Å². The summed E-state index contributed by atoms with van der Waals surface area (Å²) in [6, 6.07) is 0. The third-order valence-electron chi connectivity index (χ3n) is 2.14. The van der Waals surface area contributed by atoms with E-state index < -0.39 is 6.72 Å². The fourth-order valence-corrected chi connectivity index (χ4v) is 3.49. The van der Waals surface area contributed by atoms with Crippen LogP contribution in [0.2, 0.25) is 0 Å². The van der Waals surface area contributed by atoms with E-state index in [1.807, 2.05) is 13.8 Å². The van der Waals surface area contributed by atoms with Crippen molar-refractivity contribution in [1.29, 1.82) is 0 Å². The summed E-state index contributed by atoms with van der Waals surface area (Å²) < 4.78 is 16.5. The normalized spacial score (nSPS) is 16.1. The van der Waals surface area contributed by atoms with Gasteiger partial charge >= 0.3 is 6.72 Å². The molecule has 1 aliphatic rings. The quantitative estimate of drug-likeness (QED) is 0.731. The predicted molar refractivity (Wildman–Crippen MR) is 77.0 cm³/mol. The molecule has 0 spiro atoms. The Bertz CT molecular complexity index is 372. The van der Waals surface area contributed by atoms with E-state index in [9.17, 15) is 0 Å². The highest BCUT2D eigenvalue weighted by Gasteiger charge is 2.23. The van der Waals surface area contributed by atoms with Crippen molar-refractivity contribution in [1.82, 2.24) is 5.32 Å². The molecule has 0 aromatic carbocycles. The maximum atomic E-state index is 5.66. The molecule has 5 nitrogen and oxygen atoms in total. The lowest BCUT2D eigenvalue weighted by molar-refractivity contribution is 0.193. The monoisotopic (exact) mass is 292 g/mol. The summed E-state index contributed by atoms with van der Waals surface area (Å²) in [5.74, 6) is 1.97. The maximum absolute atomic E-state index is 5.66. The minimum absolute atomic E-state index is 0.365. The van der Waals surface area contributed by atoms with E-state index in [-0.39, 0.29) is 0 Å². The lowest BCUT2D eigenvalue weighted by atomic mass is 10.2. The Morgan fingerprint density at radius 3 is 2.39 bits per heavy atom. The molecule has 0 fully saturated rings. The second kappa shape index (κ2) is 7.24. The van der Waals surface area contributed by atoms with Crippen LogP contribution in [0, 0.1) is 5.92 Å². The van der Waals surface area contributed by atoms with E-state index in [0.29, 0.717) is 31.4 Å². The van der Waals surface area contributed by atoms with Crippen molar-refractivity contribution in [3.63, 3.8) is 0 Å². The molecular formula is C11H21N2O3PS. The van der Waals surface area contributed by atoms with Crippen molar-refractivity contribution < 1.29 is 13.6 Å². The van der Waals surface area contributed by atoms with Crippen molar-refractivity contribution >= 4 is 24.4 Å². The zero-order chi connectivity index (χ0) is 13.6. The molecule has 18 heavy (non-hydrogen) atoms. The van der Waals surface area contributed by atoms with E-state index in [0.717, 1.165) is 5.84 Å². The van der Waals surface area contributed by atoms with Gasteiger partial charge in [-0.05, 0) is 13.8 Å². The fraction of sp³-hybridized carbons (Fsp3) is 0.727. The first kappa shape index (κ1) is 15.6. The third kappa shape index (κ3) is 4.69. The summed E-state index contributed by atoms with van der Waals surface area (Å²) >= 11 is 5.29. The smallest absolute Gasteiger partial charge is 0.380 e.